The van der Waals surface area contributed by atoms with Gasteiger partial charge in [0.05, 0.1) is 0 Å². The molecule has 0 N–H and O–H groups in total. The number of hydrogen-bond acceptors (Lipinski definition) is 2. The molecule has 2 rings (SSSR count). The summed E-state index contributed by atoms with van der Waals surface area (Å²) < 4.78 is 11.6. The van der Waals surface area contributed by atoms with Crippen molar-refractivity contribution in [3.8, 4) is 0 Å². The second-order valence-corrected chi connectivity index (χ2v) is 26.2. The molecule has 19 heavy (non-hydrogen) atoms. The Labute approximate surface area is 134 Å². The molecule has 0 saturated heterocycles. The first-order chi connectivity index (χ1) is 9.11. The summed E-state index contributed by atoms with van der Waals surface area (Å²) in [6, 6.07) is 0. The molecule has 5 heteroatoms. The van der Waals surface area contributed by atoms with E-state index in [1.807, 2.05) is 14.2 Å². The van der Waals surface area contributed by atoms with Crippen LogP contribution in [0, 0.1) is 0 Å². The number of ether oxygens (including phenoxy) is 2. The first-order valence-electron chi connectivity index (χ1n) is 7.37. The van der Waals surface area contributed by atoms with Gasteiger partial charge in [0, 0.05) is 0 Å². The molecule has 2 fully saturated rings. The van der Waals surface area contributed by atoms with Crippen molar-refractivity contribution >= 4 is 37.4 Å². The third kappa shape index (κ3) is 3.78. The molecule has 0 bridgehead atoms. The van der Waals surface area contributed by atoms with E-state index in [0.717, 1.165) is 0 Å². The monoisotopic (exact) mass is 464 g/mol. The summed E-state index contributed by atoms with van der Waals surface area (Å²) >= 11 is 8.36. The molecule has 0 aromatic rings. The molecule has 0 spiro atoms. The van der Waals surface area contributed by atoms with Gasteiger partial charge in [-0.3, -0.25) is 0 Å². The molecule has 4 atom stereocenters. The third-order valence-electron chi connectivity index (χ3n) is 4.70. The van der Waals surface area contributed by atoms with Crippen LogP contribution in [0.15, 0.2) is 0 Å². The summed E-state index contributed by atoms with van der Waals surface area (Å²) in [5.41, 5.74) is 0. The third-order valence-corrected chi connectivity index (χ3v) is 20.3. The van der Waals surface area contributed by atoms with Crippen LogP contribution in [-0.4, -0.2) is 35.7 Å². The standard InChI is InChI=1S/C14H26Br2O2Se/c1-17-11-7-3-5-9-13(11)19(15,16)14-10-6-4-8-12(14)18-2/h11-14H,3-10H2,1-2H3/t11-,12+,13-,14+. The van der Waals surface area contributed by atoms with Crippen molar-refractivity contribution in [3.63, 3.8) is 0 Å². The quantitative estimate of drug-likeness (QED) is 0.536. The minimum absolute atomic E-state index is 0.437. The normalized spacial score (nSPS) is 38.1. The van der Waals surface area contributed by atoms with Crippen LogP contribution in [0.2, 0.25) is 9.63 Å². The van der Waals surface area contributed by atoms with Gasteiger partial charge in [-0.15, -0.1) is 0 Å². The van der Waals surface area contributed by atoms with Crippen molar-refractivity contribution < 1.29 is 9.47 Å². The van der Waals surface area contributed by atoms with Gasteiger partial charge in [0.25, 0.3) is 0 Å². The second-order valence-electron chi connectivity index (χ2n) is 5.74. The van der Waals surface area contributed by atoms with E-state index in [4.69, 9.17) is 9.47 Å². The van der Waals surface area contributed by atoms with Gasteiger partial charge in [-0.1, -0.05) is 0 Å². The number of hydrogen-bond donors (Lipinski definition) is 0. The van der Waals surface area contributed by atoms with E-state index < -0.39 is 9.23 Å². The molecule has 2 nitrogen and oxygen atoms in total. The minimum atomic E-state index is -1.90. The van der Waals surface area contributed by atoms with Crippen LogP contribution >= 0.6 is 28.2 Å². The fourth-order valence-corrected chi connectivity index (χ4v) is 18.2. The van der Waals surface area contributed by atoms with Crippen LogP contribution in [0.5, 0.6) is 0 Å². The van der Waals surface area contributed by atoms with E-state index in [2.05, 4.69) is 28.2 Å². The van der Waals surface area contributed by atoms with Crippen molar-refractivity contribution in [2.45, 2.75) is 73.2 Å². The van der Waals surface area contributed by atoms with Gasteiger partial charge in [-0.05, 0) is 0 Å². The van der Waals surface area contributed by atoms with E-state index in [0.29, 0.717) is 21.8 Å². The van der Waals surface area contributed by atoms with Gasteiger partial charge < -0.3 is 0 Å². The first kappa shape index (κ1) is 16.8. The molecular formula is C14H26Br2O2Se. The average molecular weight is 465 g/mol. The van der Waals surface area contributed by atoms with Gasteiger partial charge in [-0.25, -0.2) is 0 Å². The van der Waals surface area contributed by atoms with Gasteiger partial charge in [0.1, 0.15) is 0 Å². The Bertz CT molecular complexity index is 263. The Morgan fingerprint density at radius 3 is 1.47 bits per heavy atom. The average Bonchev–Trinajstić information content (AvgIpc) is 2.47. The molecule has 2 saturated carbocycles. The number of rotatable bonds is 4. The van der Waals surface area contributed by atoms with Gasteiger partial charge in [0.2, 0.25) is 0 Å². The second kappa shape index (κ2) is 7.60. The molecule has 0 heterocycles. The maximum absolute atomic E-state index is 5.79. The molecule has 0 unspecified atom stereocenters. The van der Waals surface area contributed by atoms with Crippen molar-refractivity contribution in [1.82, 2.24) is 0 Å². The van der Waals surface area contributed by atoms with Gasteiger partial charge in [-0.2, -0.15) is 0 Å². The zero-order chi connectivity index (χ0) is 13.9. The zero-order valence-electron chi connectivity index (χ0n) is 11.9. The molecular weight excluding hydrogens is 439 g/mol. The van der Waals surface area contributed by atoms with Crippen LogP contribution < -0.4 is 0 Å². The Morgan fingerprint density at radius 2 is 1.11 bits per heavy atom. The molecule has 114 valence electrons. The Kier molecular flexibility index (Phi) is 6.70. The van der Waals surface area contributed by atoms with E-state index in [-0.39, 0.29) is 0 Å². The van der Waals surface area contributed by atoms with Crippen molar-refractivity contribution in [2.24, 2.45) is 0 Å². The maximum atomic E-state index is 5.79. The molecule has 0 aromatic carbocycles. The fourth-order valence-electron chi connectivity index (χ4n) is 3.61. The molecule has 2 aliphatic carbocycles. The van der Waals surface area contributed by atoms with Crippen LogP contribution in [0.25, 0.3) is 0 Å². The van der Waals surface area contributed by atoms with Crippen molar-refractivity contribution in [3.05, 3.63) is 0 Å². The Hall–Kier alpha value is 1.40. The summed E-state index contributed by atoms with van der Waals surface area (Å²) in [4.78, 5) is 1.38. The van der Waals surface area contributed by atoms with Crippen molar-refractivity contribution in [2.75, 3.05) is 14.2 Å². The van der Waals surface area contributed by atoms with Gasteiger partial charge >= 0.3 is 134 Å². The summed E-state index contributed by atoms with van der Waals surface area (Å²) in [6.07, 6.45) is 11.3. The molecule has 0 aliphatic heterocycles. The molecule has 0 radical (unpaired) electrons. The topological polar surface area (TPSA) is 18.5 Å². The Morgan fingerprint density at radius 1 is 0.737 bits per heavy atom. The SMILES string of the molecule is CO[C@H]1CCCC[C@@H]1[Se](Br)(Br)[C@@H]1CCCC[C@H]1OC. The van der Waals surface area contributed by atoms with Crippen LogP contribution in [0.3, 0.4) is 0 Å². The summed E-state index contributed by atoms with van der Waals surface area (Å²) in [5.74, 6) is 0. The summed E-state index contributed by atoms with van der Waals surface area (Å²) in [6.45, 7) is 0. The van der Waals surface area contributed by atoms with Crippen molar-refractivity contribution in [1.29, 1.82) is 0 Å². The first-order valence-corrected chi connectivity index (χ1v) is 17.4. The zero-order valence-corrected chi connectivity index (χ0v) is 16.8. The molecule has 0 aromatic heterocycles. The number of methoxy groups -OCH3 is 2. The van der Waals surface area contributed by atoms with Crippen LogP contribution in [0.4, 0.5) is 0 Å². The molecule has 2 aliphatic rings. The van der Waals surface area contributed by atoms with E-state index in [1.54, 1.807) is 0 Å². The predicted molar refractivity (Wildman–Crippen MR) is 89.6 cm³/mol. The van der Waals surface area contributed by atoms with Crippen LogP contribution in [0.1, 0.15) is 51.4 Å². The van der Waals surface area contributed by atoms with Gasteiger partial charge in [0.15, 0.2) is 0 Å². The summed E-state index contributed by atoms with van der Waals surface area (Å²) in [5, 5.41) is 0. The predicted octanol–water partition coefficient (Wildman–Crippen LogP) is 5.14. The van der Waals surface area contributed by atoms with E-state index in [9.17, 15) is 0 Å². The number of halogens is 2. The molecule has 0 amide bonds. The van der Waals surface area contributed by atoms with E-state index >= 15 is 0 Å². The van der Waals surface area contributed by atoms with Crippen LogP contribution in [-0.2, 0) is 9.47 Å². The fraction of sp³-hybridized carbons (Fsp3) is 1.00. The Balaban J connectivity index is 2.13. The summed E-state index contributed by atoms with van der Waals surface area (Å²) in [7, 11) is 1.86. The van der Waals surface area contributed by atoms with E-state index in [1.165, 1.54) is 51.4 Å².